The molecule has 1 N–H and O–H groups in total. The van der Waals surface area contributed by atoms with Crippen molar-refractivity contribution in [1.29, 1.82) is 0 Å². The maximum atomic E-state index is 13.3. The van der Waals surface area contributed by atoms with Gasteiger partial charge in [0.15, 0.2) is 0 Å². The molecule has 7 heteroatoms. The fourth-order valence-corrected chi connectivity index (χ4v) is 5.74. The molecule has 1 saturated heterocycles. The van der Waals surface area contributed by atoms with Crippen molar-refractivity contribution < 1.29 is 23.9 Å². The van der Waals surface area contributed by atoms with Gasteiger partial charge < -0.3 is 19.7 Å². The van der Waals surface area contributed by atoms with E-state index in [0.717, 1.165) is 61.9 Å². The number of likely N-dealkylation sites (tertiary alicyclic amines) is 1. The van der Waals surface area contributed by atoms with Crippen LogP contribution in [0.1, 0.15) is 66.1 Å². The van der Waals surface area contributed by atoms with Gasteiger partial charge in [0.2, 0.25) is 5.91 Å². The van der Waals surface area contributed by atoms with Gasteiger partial charge in [0.05, 0.1) is 22.2 Å². The lowest BCUT2D eigenvalue weighted by atomic mass is 9.71. The highest BCUT2D eigenvalue weighted by molar-refractivity contribution is 5.94. The maximum Gasteiger partial charge on any atom is 0.338 e. The van der Waals surface area contributed by atoms with Crippen LogP contribution in [-0.2, 0) is 32.1 Å². The molecular weight excluding hydrogens is 408 g/mol. The lowest BCUT2D eigenvalue weighted by Gasteiger charge is -2.36. The van der Waals surface area contributed by atoms with Crippen LogP contribution in [0.4, 0.5) is 0 Å². The van der Waals surface area contributed by atoms with Gasteiger partial charge in [-0.05, 0) is 76.1 Å². The standard InChI is InChI=1S/C25H30N2O5/c1-15-17(3-4-19-20(15)13-31-23(19)29)7-11-26-18-5-8-25(9-6-18)10-12-27(24(25)30)21-14-32-22(28)16(21)2/h3-4,18,26H,5-14H2,1-2H3. The maximum absolute atomic E-state index is 13.3. The highest BCUT2D eigenvalue weighted by Gasteiger charge is 2.50. The zero-order valence-corrected chi connectivity index (χ0v) is 18.8. The number of benzene rings is 1. The van der Waals surface area contributed by atoms with Gasteiger partial charge in [0.1, 0.15) is 13.2 Å². The summed E-state index contributed by atoms with van der Waals surface area (Å²) in [4.78, 5) is 38.5. The topological polar surface area (TPSA) is 84.9 Å². The molecule has 1 aromatic rings. The van der Waals surface area contributed by atoms with Crippen molar-refractivity contribution in [3.05, 3.63) is 45.7 Å². The minimum Gasteiger partial charge on any atom is -0.457 e. The molecule has 0 atom stereocenters. The van der Waals surface area contributed by atoms with Gasteiger partial charge in [-0.2, -0.15) is 0 Å². The normalized spacial score (nSPS) is 27.4. The lowest BCUT2D eigenvalue weighted by molar-refractivity contribution is -0.138. The summed E-state index contributed by atoms with van der Waals surface area (Å²) in [5.41, 5.74) is 5.19. The molecule has 32 heavy (non-hydrogen) atoms. The molecule has 1 saturated carbocycles. The van der Waals surface area contributed by atoms with Gasteiger partial charge in [0, 0.05) is 18.2 Å². The van der Waals surface area contributed by atoms with Crippen molar-refractivity contribution in [3.8, 4) is 0 Å². The number of rotatable bonds is 5. The van der Waals surface area contributed by atoms with E-state index >= 15 is 0 Å². The van der Waals surface area contributed by atoms with E-state index in [1.165, 1.54) is 5.56 Å². The predicted molar refractivity (Wildman–Crippen MR) is 117 cm³/mol. The van der Waals surface area contributed by atoms with Crippen molar-refractivity contribution in [2.24, 2.45) is 5.41 Å². The molecule has 4 aliphatic rings. The second-order valence-corrected chi connectivity index (χ2v) is 9.57. The first-order valence-corrected chi connectivity index (χ1v) is 11.6. The molecule has 3 heterocycles. The van der Waals surface area contributed by atoms with Gasteiger partial charge >= 0.3 is 11.9 Å². The average Bonchev–Trinajstić information content (AvgIpc) is 3.43. The first-order valence-electron chi connectivity index (χ1n) is 11.6. The zero-order valence-electron chi connectivity index (χ0n) is 18.8. The Balaban J connectivity index is 1.14. The summed E-state index contributed by atoms with van der Waals surface area (Å²) in [6, 6.07) is 4.34. The number of carbonyl (C=O) groups excluding carboxylic acids is 3. The van der Waals surface area contributed by atoms with E-state index in [-0.39, 0.29) is 29.9 Å². The highest BCUT2D eigenvalue weighted by Crippen LogP contribution is 2.46. The molecule has 1 aliphatic carbocycles. The van der Waals surface area contributed by atoms with E-state index in [1.54, 1.807) is 11.8 Å². The van der Waals surface area contributed by atoms with Crippen LogP contribution in [0.3, 0.4) is 0 Å². The van der Waals surface area contributed by atoms with Crippen molar-refractivity contribution in [2.45, 2.75) is 65.0 Å². The Labute approximate surface area is 188 Å². The Morgan fingerprint density at radius 3 is 2.50 bits per heavy atom. The number of amides is 1. The summed E-state index contributed by atoms with van der Waals surface area (Å²) >= 11 is 0. The van der Waals surface area contributed by atoms with E-state index in [0.29, 0.717) is 30.3 Å². The third-order valence-corrected chi connectivity index (χ3v) is 7.97. The van der Waals surface area contributed by atoms with Gasteiger partial charge in [0.25, 0.3) is 0 Å². The third kappa shape index (κ3) is 3.43. The van der Waals surface area contributed by atoms with E-state index in [9.17, 15) is 14.4 Å². The van der Waals surface area contributed by atoms with Crippen molar-refractivity contribution in [2.75, 3.05) is 19.7 Å². The van der Waals surface area contributed by atoms with Crippen LogP contribution >= 0.6 is 0 Å². The SMILES string of the molecule is CC1=C(N2CCC3(CCC(NCCc4ccc5c(c4C)COC5=O)CC3)C2=O)COC1=O. The van der Waals surface area contributed by atoms with Crippen molar-refractivity contribution >= 4 is 17.8 Å². The Morgan fingerprint density at radius 2 is 1.78 bits per heavy atom. The highest BCUT2D eigenvalue weighted by atomic mass is 16.5. The molecule has 5 rings (SSSR count). The number of cyclic esters (lactones) is 2. The van der Waals surface area contributed by atoms with Gasteiger partial charge in [-0.15, -0.1) is 0 Å². The zero-order chi connectivity index (χ0) is 22.5. The summed E-state index contributed by atoms with van der Waals surface area (Å²) < 4.78 is 10.3. The number of hydrogen-bond acceptors (Lipinski definition) is 6. The van der Waals surface area contributed by atoms with Crippen molar-refractivity contribution in [3.63, 3.8) is 0 Å². The number of fused-ring (bicyclic) bond motifs is 1. The minimum atomic E-state index is -0.306. The average molecular weight is 439 g/mol. The van der Waals surface area contributed by atoms with Crippen LogP contribution in [0.5, 0.6) is 0 Å². The van der Waals surface area contributed by atoms with Crippen LogP contribution in [0.25, 0.3) is 0 Å². The van der Waals surface area contributed by atoms with Crippen LogP contribution in [-0.4, -0.2) is 48.5 Å². The van der Waals surface area contributed by atoms with Crippen molar-refractivity contribution in [1.82, 2.24) is 10.2 Å². The molecule has 1 spiro atoms. The number of carbonyl (C=O) groups is 3. The van der Waals surface area contributed by atoms with Gasteiger partial charge in [-0.3, -0.25) is 4.79 Å². The molecule has 0 bridgehead atoms. The summed E-state index contributed by atoms with van der Waals surface area (Å²) in [7, 11) is 0. The molecule has 7 nitrogen and oxygen atoms in total. The second-order valence-electron chi connectivity index (χ2n) is 9.57. The predicted octanol–water partition coefficient (Wildman–Crippen LogP) is 2.79. The molecule has 0 unspecified atom stereocenters. The monoisotopic (exact) mass is 438 g/mol. The molecule has 1 aromatic carbocycles. The molecule has 2 fully saturated rings. The first-order chi connectivity index (χ1) is 15.4. The number of ether oxygens (including phenoxy) is 2. The van der Waals surface area contributed by atoms with Gasteiger partial charge in [-0.1, -0.05) is 6.07 Å². The molecule has 0 radical (unpaired) electrons. The number of esters is 2. The Bertz CT molecular complexity index is 1020. The quantitative estimate of drug-likeness (QED) is 0.712. The smallest absolute Gasteiger partial charge is 0.338 e. The molecule has 1 amide bonds. The summed E-state index contributed by atoms with van der Waals surface area (Å²) in [6.07, 6.45) is 5.51. The van der Waals surface area contributed by atoms with E-state index in [4.69, 9.17) is 9.47 Å². The summed E-state index contributed by atoms with van der Waals surface area (Å²) in [5, 5.41) is 3.68. The fourth-order valence-electron chi connectivity index (χ4n) is 5.74. The largest absolute Gasteiger partial charge is 0.457 e. The summed E-state index contributed by atoms with van der Waals surface area (Å²) in [6.45, 7) is 5.98. The van der Waals surface area contributed by atoms with Crippen LogP contribution in [0, 0.1) is 12.3 Å². The Kier molecular flexibility index (Phi) is 5.32. The fraction of sp³-hybridized carbons (Fsp3) is 0.560. The Hall–Kier alpha value is -2.67. The second kappa shape index (κ2) is 8.03. The minimum absolute atomic E-state index is 0.175. The lowest BCUT2D eigenvalue weighted by Crippen LogP contribution is -2.42. The molecule has 170 valence electrons. The number of nitrogens with zero attached hydrogens (tertiary/aromatic N) is 1. The van der Waals surface area contributed by atoms with Crippen LogP contribution < -0.4 is 5.32 Å². The Morgan fingerprint density at radius 1 is 1.03 bits per heavy atom. The van der Waals surface area contributed by atoms with Crippen LogP contribution in [0.15, 0.2) is 23.4 Å². The molecular formula is C25H30N2O5. The number of nitrogens with one attached hydrogen (secondary N) is 1. The van der Waals surface area contributed by atoms with E-state index in [1.807, 2.05) is 12.1 Å². The first kappa shape index (κ1) is 21.2. The number of hydrogen-bond donors (Lipinski definition) is 1. The van der Waals surface area contributed by atoms with Gasteiger partial charge in [-0.25, -0.2) is 9.59 Å². The third-order valence-electron chi connectivity index (χ3n) is 7.97. The summed E-state index contributed by atoms with van der Waals surface area (Å²) in [5.74, 6) is -0.351. The van der Waals surface area contributed by atoms with E-state index < -0.39 is 0 Å². The van der Waals surface area contributed by atoms with E-state index in [2.05, 4.69) is 12.2 Å². The molecule has 0 aromatic heterocycles. The van der Waals surface area contributed by atoms with Crippen LogP contribution in [0.2, 0.25) is 0 Å². The molecule has 3 aliphatic heterocycles.